The molecule has 0 radical (unpaired) electrons. The number of unbranched alkanes of at least 4 members (excludes halogenated alkanes) is 6. The van der Waals surface area contributed by atoms with Crippen molar-refractivity contribution < 1.29 is 0 Å². The number of hydrogen-bond acceptors (Lipinski definition) is 1. The van der Waals surface area contributed by atoms with Gasteiger partial charge < -0.3 is 4.57 Å². The van der Waals surface area contributed by atoms with Gasteiger partial charge in [-0.1, -0.05) is 48.0 Å². The van der Waals surface area contributed by atoms with Crippen LogP contribution in [0.2, 0.25) is 0 Å². The number of alkyl halides is 1. The highest BCUT2D eigenvalue weighted by atomic mass is 79.9. The van der Waals surface area contributed by atoms with Crippen molar-refractivity contribution >= 4 is 31.9 Å². The second-order valence-electron chi connectivity index (χ2n) is 4.54. The molecule has 2 nitrogen and oxygen atoms in total. The molecule has 102 valence electrons. The summed E-state index contributed by atoms with van der Waals surface area (Å²) in [6, 6.07) is 3.41. The Kier molecular flexibility index (Phi) is 8.68. The van der Waals surface area contributed by atoms with E-state index in [0.29, 0.717) is 0 Å². The number of rotatable bonds is 9. The number of aryl methyl sites for hydroxylation is 1. The molecule has 0 aliphatic carbocycles. The molecule has 1 aromatic rings. The van der Waals surface area contributed by atoms with Gasteiger partial charge in [-0.3, -0.25) is 4.79 Å². The third-order valence-corrected chi connectivity index (χ3v) is 4.01. The fraction of sp³-hybridized carbons (Fsp3) is 0.643. The first-order valence-electron chi connectivity index (χ1n) is 6.66. The van der Waals surface area contributed by atoms with Gasteiger partial charge in [0.1, 0.15) is 0 Å². The minimum Gasteiger partial charge on any atom is -0.314 e. The van der Waals surface area contributed by atoms with Crippen LogP contribution in [0.4, 0.5) is 0 Å². The van der Waals surface area contributed by atoms with Crippen LogP contribution in [0.15, 0.2) is 27.6 Å². The molecule has 0 amide bonds. The van der Waals surface area contributed by atoms with Crippen LogP contribution in [0.25, 0.3) is 0 Å². The summed E-state index contributed by atoms with van der Waals surface area (Å²) in [7, 11) is 0. The third kappa shape index (κ3) is 6.74. The van der Waals surface area contributed by atoms with E-state index >= 15 is 0 Å². The normalized spacial score (nSPS) is 10.8. The van der Waals surface area contributed by atoms with Gasteiger partial charge in [0.25, 0.3) is 5.56 Å². The summed E-state index contributed by atoms with van der Waals surface area (Å²) >= 11 is 6.84. The predicted molar refractivity (Wildman–Crippen MR) is 84.5 cm³/mol. The molecule has 0 aliphatic heterocycles. The second-order valence-corrected chi connectivity index (χ2v) is 6.25. The summed E-state index contributed by atoms with van der Waals surface area (Å²) in [5, 5.41) is 1.12. The molecule has 18 heavy (non-hydrogen) atoms. The molecule has 0 saturated carbocycles. The zero-order chi connectivity index (χ0) is 13.2. The van der Waals surface area contributed by atoms with Crippen molar-refractivity contribution in [3.63, 3.8) is 0 Å². The molecule has 1 heterocycles. The molecule has 0 bridgehead atoms. The van der Waals surface area contributed by atoms with E-state index in [1.807, 2.05) is 6.20 Å². The van der Waals surface area contributed by atoms with Gasteiger partial charge in [0, 0.05) is 28.6 Å². The maximum Gasteiger partial charge on any atom is 0.250 e. The van der Waals surface area contributed by atoms with Crippen molar-refractivity contribution in [3.8, 4) is 0 Å². The Labute approximate surface area is 126 Å². The Morgan fingerprint density at radius 3 is 2.22 bits per heavy atom. The molecule has 0 fully saturated rings. The van der Waals surface area contributed by atoms with E-state index in [0.717, 1.165) is 22.8 Å². The number of hydrogen-bond donors (Lipinski definition) is 0. The Hall–Kier alpha value is -0.0900. The molecule has 0 saturated heterocycles. The van der Waals surface area contributed by atoms with Crippen molar-refractivity contribution in [2.75, 3.05) is 5.33 Å². The summed E-state index contributed by atoms with van der Waals surface area (Å²) in [6.45, 7) is 0.833. The van der Waals surface area contributed by atoms with Crippen molar-refractivity contribution in [3.05, 3.63) is 33.2 Å². The van der Waals surface area contributed by atoms with Crippen molar-refractivity contribution in [2.24, 2.45) is 0 Å². The minimum absolute atomic E-state index is 0.0931. The predicted octanol–water partition coefficient (Wildman–Crippen LogP) is 4.74. The number of halogens is 2. The molecule has 1 aromatic heterocycles. The molecule has 0 spiro atoms. The lowest BCUT2D eigenvalue weighted by atomic mass is 10.1. The van der Waals surface area contributed by atoms with Gasteiger partial charge in [-0.05, 0) is 34.8 Å². The molecular formula is C14H21Br2NO. The molecule has 0 aliphatic rings. The maximum atomic E-state index is 11.5. The van der Waals surface area contributed by atoms with Crippen LogP contribution in [0.3, 0.4) is 0 Å². The van der Waals surface area contributed by atoms with Gasteiger partial charge in [-0.15, -0.1) is 0 Å². The topological polar surface area (TPSA) is 22.0 Å². The van der Waals surface area contributed by atoms with Crippen LogP contribution < -0.4 is 5.56 Å². The maximum absolute atomic E-state index is 11.5. The number of aromatic nitrogens is 1. The molecule has 4 heteroatoms. The molecule has 0 aromatic carbocycles. The Morgan fingerprint density at radius 1 is 0.944 bits per heavy atom. The molecule has 0 atom stereocenters. The largest absolute Gasteiger partial charge is 0.314 e. The second kappa shape index (κ2) is 9.79. The van der Waals surface area contributed by atoms with Gasteiger partial charge in [0.05, 0.1) is 0 Å². The first-order chi connectivity index (χ1) is 8.74. The van der Waals surface area contributed by atoms with E-state index in [1.165, 1.54) is 38.5 Å². The highest BCUT2D eigenvalue weighted by Gasteiger charge is 1.97. The Morgan fingerprint density at radius 2 is 1.56 bits per heavy atom. The molecule has 0 N–H and O–H groups in total. The van der Waals surface area contributed by atoms with Crippen molar-refractivity contribution in [1.29, 1.82) is 0 Å². The van der Waals surface area contributed by atoms with E-state index < -0.39 is 0 Å². The van der Waals surface area contributed by atoms with Gasteiger partial charge in [-0.25, -0.2) is 0 Å². The van der Waals surface area contributed by atoms with Crippen LogP contribution in [-0.2, 0) is 6.54 Å². The Balaban J connectivity index is 2.11. The lowest BCUT2D eigenvalue weighted by molar-refractivity contribution is 0.543. The first kappa shape index (κ1) is 16.0. The average Bonchev–Trinajstić information content (AvgIpc) is 2.36. The fourth-order valence-electron chi connectivity index (χ4n) is 1.94. The highest BCUT2D eigenvalue weighted by Crippen LogP contribution is 2.09. The van der Waals surface area contributed by atoms with E-state index in [9.17, 15) is 4.79 Å². The molecule has 1 rings (SSSR count). The van der Waals surface area contributed by atoms with Gasteiger partial charge >= 0.3 is 0 Å². The van der Waals surface area contributed by atoms with Crippen molar-refractivity contribution in [1.82, 2.24) is 4.57 Å². The zero-order valence-electron chi connectivity index (χ0n) is 10.7. The highest BCUT2D eigenvalue weighted by molar-refractivity contribution is 9.10. The van der Waals surface area contributed by atoms with Crippen molar-refractivity contribution in [2.45, 2.75) is 51.5 Å². The summed E-state index contributed by atoms with van der Waals surface area (Å²) in [5.41, 5.74) is 0.0931. The van der Waals surface area contributed by atoms with Crippen LogP contribution >= 0.6 is 31.9 Å². The van der Waals surface area contributed by atoms with Crippen LogP contribution in [0.1, 0.15) is 44.9 Å². The van der Waals surface area contributed by atoms with Crippen LogP contribution in [0, 0.1) is 0 Å². The smallest absolute Gasteiger partial charge is 0.250 e. The molecule has 0 unspecified atom stereocenters. The summed E-state index contributed by atoms with van der Waals surface area (Å²) in [5.74, 6) is 0. The van der Waals surface area contributed by atoms with E-state index in [1.54, 1.807) is 16.7 Å². The summed E-state index contributed by atoms with van der Waals surface area (Å²) in [4.78, 5) is 11.5. The van der Waals surface area contributed by atoms with E-state index in [-0.39, 0.29) is 5.56 Å². The first-order valence-corrected chi connectivity index (χ1v) is 8.57. The van der Waals surface area contributed by atoms with Gasteiger partial charge in [0.15, 0.2) is 0 Å². The third-order valence-electron chi connectivity index (χ3n) is 2.98. The number of nitrogens with zero attached hydrogens (tertiary/aromatic N) is 1. The number of pyridine rings is 1. The average molecular weight is 379 g/mol. The monoisotopic (exact) mass is 377 g/mol. The van der Waals surface area contributed by atoms with Crippen LogP contribution in [0.5, 0.6) is 0 Å². The Bertz CT molecular complexity index is 390. The SMILES string of the molecule is O=c1ccc(Br)cn1CCCCCCCCCBr. The summed E-state index contributed by atoms with van der Waals surface area (Å²) < 4.78 is 2.76. The minimum atomic E-state index is 0.0931. The zero-order valence-corrected chi connectivity index (χ0v) is 13.9. The lowest BCUT2D eigenvalue weighted by Crippen LogP contribution is -2.18. The van der Waals surface area contributed by atoms with E-state index in [2.05, 4.69) is 31.9 Å². The fourth-order valence-corrected chi connectivity index (χ4v) is 2.71. The quantitative estimate of drug-likeness (QED) is 0.449. The van der Waals surface area contributed by atoms with Gasteiger partial charge in [0.2, 0.25) is 0 Å². The standard InChI is InChI=1S/C14H21Br2NO/c15-10-6-4-2-1-3-5-7-11-17-12-13(16)8-9-14(17)18/h8-9,12H,1-7,10-11H2. The summed E-state index contributed by atoms with van der Waals surface area (Å²) in [6.07, 6.45) is 10.7. The van der Waals surface area contributed by atoms with E-state index in [4.69, 9.17) is 0 Å². The van der Waals surface area contributed by atoms with Gasteiger partial charge in [-0.2, -0.15) is 0 Å². The lowest BCUT2D eigenvalue weighted by Gasteiger charge is -2.05. The molecular weight excluding hydrogens is 358 g/mol. The van der Waals surface area contributed by atoms with Crippen LogP contribution in [-0.4, -0.2) is 9.90 Å².